The molecule has 3 aromatic rings. The largest absolute Gasteiger partial charge is 0.489 e. The lowest BCUT2D eigenvalue weighted by atomic mass is 9.87. The quantitative estimate of drug-likeness (QED) is 0.351. The minimum Gasteiger partial charge on any atom is -0.489 e. The number of ketones is 1. The van der Waals surface area contributed by atoms with Gasteiger partial charge in [-0.3, -0.25) is 9.78 Å². The topological polar surface area (TPSA) is 65.5 Å². The van der Waals surface area contributed by atoms with Crippen LogP contribution in [0, 0.1) is 25.7 Å². The molecule has 1 aromatic heterocycles. The summed E-state index contributed by atoms with van der Waals surface area (Å²) in [4.78, 5) is 29.6. The van der Waals surface area contributed by atoms with Crippen molar-refractivity contribution in [2.45, 2.75) is 59.5 Å². The van der Waals surface area contributed by atoms with Gasteiger partial charge in [0.2, 0.25) is 0 Å². The second-order valence-electron chi connectivity index (χ2n) is 10.1. The highest BCUT2D eigenvalue weighted by Crippen LogP contribution is 2.43. The van der Waals surface area contributed by atoms with Crippen LogP contribution in [0.3, 0.4) is 0 Å². The van der Waals surface area contributed by atoms with Crippen LogP contribution in [-0.4, -0.2) is 23.3 Å². The molecule has 2 aromatic carbocycles. The Labute approximate surface area is 212 Å². The number of aromatic nitrogens is 1. The molecular weight excluding hydrogens is 450 g/mol. The number of Topliss-reactive ketones (excluding diaryl/α,β-unsaturated/α-hetero) is 1. The van der Waals surface area contributed by atoms with Gasteiger partial charge in [0.05, 0.1) is 12.2 Å². The number of rotatable bonds is 7. The predicted molar refractivity (Wildman–Crippen MR) is 139 cm³/mol. The zero-order valence-electron chi connectivity index (χ0n) is 21.3. The van der Waals surface area contributed by atoms with E-state index < -0.39 is 0 Å². The van der Waals surface area contributed by atoms with E-state index in [4.69, 9.17) is 9.47 Å². The summed E-state index contributed by atoms with van der Waals surface area (Å²) in [6, 6.07) is 12.0. The molecule has 0 spiro atoms. The number of carbonyl (C=O) groups excluding carboxylic acids is 2. The van der Waals surface area contributed by atoms with Crippen molar-refractivity contribution in [1.82, 2.24) is 4.98 Å². The third kappa shape index (κ3) is 4.67. The molecule has 1 unspecified atom stereocenters. The third-order valence-corrected chi connectivity index (χ3v) is 7.83. The number of pyridine rings is 1. The fourth-order valence-electron chi connectivity index (χ4n) is 5.79. The van der Waals surface area contributed by atoms with Crippen LogP contribution in [0.4, 0.5) is 0 Å². The van der Waals surface area contributed by atoms with Gasteiger partial charge in [-0.25, -0.2) is 4.79 Å². The van der Waals surface area contributed by atoms with E-state index in [0.29, 0.717) is 30.5 Å². The first-order valence-corrected chi connectivity index (χ1v) is 13.0. The van der Waals surface area contributed by atoms with E-state index >= 15 is 0 Å². The molecule has 1 saturated carbocycles. The van der Waals surface area contributed by atoms with Crippen molar-refractivity contribution in [2.75, 3.05) is 6.61 Å². The Morgan fingerprint density at radius 3 is 2.61 bits per heavy atom. The van der Waals surface area contributed by atoms with Crippen LogP contribution in [0.15, 0.2) is 48.8 Å². The van der Waals surface area contributed by atoms with Gasteiger partial charge in [-0.15, -0.1) is 0 Å². The molecule has 1 fully saturated rings. The molecular formula is C31H33NO4. The van der Waals surface area contributed by atoms with E-state index in [2.05, 4.69) is 24.0 Å². The van der Waals surface area contributed by atoms with Crippen molar-refractivity contribution in [2.24, 2.45) is 11.8 Å². The van der Waals surface area contributed by atoms with E-state index in [-0.39, 0.29) is 11.9 Å². The summed E-state index contributed by atoms with van der Waals surface area (Å²) in [6.45, 7) is 6.63. The molecule has 186 valence electrons. The normalized spacial score (nSPS) is 17.3. The van der Waals surface area contributed by atoms with Crippen LogP contribution in [0.1, 0.15) is 75.6 Å². The number of carbonyl (C=O) groups is 2. The number of fused-ring (bicyclic) bond motifs is 1. The van der Waals surface area contributed by atoms with Gasteiger partial charge in [0.15, 0.2) is 5.78 Å². The van der Waals surface area contributed by atoms with Crippen LogP contribution >= 0.6 is 0 Å². The van der Waals surface area contributed by atoms with E-state index in [1.165, 1.54) is 31.9 Å². The van der Waals surface area contributed by atoms with Crippen LogP contribution in [0.5, 0.6) is 5.75 Å². The van der Waals surface area contributed by atoms with Crippen molar-refractivity contribution in [3.8, 4) is 16.9 Å². The van der Waals surface area contributed by atoms with Gasteiger partial charge in [-0.05, 0) is 92.0 Å². The SMILES string of the molecule is CCOC(=O)c1cncc(-c2cccc(COc3cc4c(c(C)c3C)C(=O)C(C3CCCC3)C4)c2)c1. The van der Waals surface area contributed by atoms with Crippen LogP contribution in [-0.2, 0) is 17.8 Å². The highest BCUT2D eigenvalue weighted by molar-refractivity contribution is 6.04. The second-order valence-corrected chi connectivity index (χ2v) is 10.1. The molecule has 0 N–H and O–H groups in total. The standard InChI is InChI=1S/C31H33NO4/c1-4-35-31(34)26-13-25(16-32-17-26)23-11-7-8-21(12-23)18-36-28-15-24-14-27(22-9-5-6-10-22)30(33)29(24)20(3)19(28)2/h7-8,11-13,15-17,22,27H,4-6,9-10,14,18H2,1-3H3. The molecule has 1 heterocycles. The van der Waals surface area contributed by atoms with Gasteiger partial charge in [0.1, 0.15) is 12.4 Å². The highest BCUT2D eigenvalue weighted by Gasteiger charge is 2.39. The van der Waals surface area contributed by atoms with Crippen molar-refractivity contribution < 1.29 is 19.1 Å². The fourth-order valence-corrected chi connectivity index (χ4v) is 5.79. The first-order chi connectivity index (χ1) is 17.5. The molecule has 0 amide bonds. The molecule has 0 bridgehead atoms. The first-order valence-electron chi connectivity index (χ1n) is 13.0. The summed E-state index contributed by atoms with van der Waals surface area (Å²) in [7, 11) is 0. The number of benzene rings is 2. The van der Waals surface area contributed by atoms with Crippen molar-refractivity contribution >= 4 is 11.8 Å². The summed E-state index contributed by atoms with van der Waals surface area (Å²) in [5.74, 6) is 1.50. The maximum Gasteiger partial charge on any atom is 0.339 e. The number of hydrogen-bond donors (Lipinski definition) is 0. The Balaban J connectivity index is 1.34. The van der Waals surface area contributed by atoms with Gasteiger partial charge in [-0.2, -0.15) is 0 Å². The zero-order chi connectivity index (χ0) is 25.2. The van der Waals surface area contributed by atoms with Crippen molar-refractivity contribution in [1.29, 1.82) is 0 Å². The summed E-state index contributed by atoms with van der Waals surface area (Å²) >= 11 is 0. The smallest absolute Gasteiger partial charge is 0.339 e. The Morgan fingerprint density at radius 1 is 1.03 bits per heavy atom. The van der Waals surface area contributed by atoms with E-state index in [1.54, 1.807) is 19.2 Å². The molecule has 36 heavy (non-hydrogen) atoms. The average molecular weight is 484 g/mol. The average Bonchev–Trinajstić information content (AvgIpc) is 3.54. The van der Waals surface area contributed by atoms with Crippen LogP contribution in [0.25, 0.3) is 11.1 Å². The maximum atomic E-state index is 13.2. The van der Waals surface area contributed by atoms with Crippen LogP contribution < -0.4 is 4.74 Å². The Hall–Kier alpha value is -3.47. The van der Waals surface area contributed by atoms with Crippen molar-refractivity contribution in [3.05, 3.63) is 82.2 Å². The maximum absolute atomic E-state index is 13.2. The van der Waals surface area contributed by atoms with Crippen LogP contribution in [0.2, 0.25) is 0 Å². The fraction of sp³-hybridized carbons (Fsp3) is 0.387. The lowest BCUT2D eigenvalue weighted by Gasteiger charge is -2.16. The second kappa shape index (κ2) is 10.3. The zero-order valence-corrected chi connectivity index (χ0v) is 21.3. The van der Waals surface area contributed by atoms with Gasteiger partial charge in [-0.1, -0.05) is 31.0 Å². The van der Waals surface area contributed by atoms with E-state index in [0.717, 1.165) is 51.1 Å². The molecule has 2 aliphatic carbocycles. The number of esters is 1. The molecule has 0 aliphatic heterocycles. The summed E-state index contributed by atoms with van der Waals surface area (Å²) < 4.78 is 11.4. The predicted octanol–water partition coefficient (Wildman–Crippen LogP) is 6.67. The first kappa shape index (κ1) is 24.2. The molecule has 1 atom stereocenters. The third-order valence-electron chi connectivity index (χ3n) is 7.83. The molecule has 5 nitrogen and oxygen atoms in total. The number of ether oxygens (including phenoxy) is 2. The molecule has 2 aliphatic rings. The summed E-state index contributed by atoms with van der Waals surface area (Å²) in [5.41, 5.74) is 7.45. The molecule has 5 heteroatoms. The van der Waals surface area contributed by atoms with Gasteiger partial charge < -0.3 is 9.47 Å². The van der Waals surface area contributed by atoms with Gasteiger partial charge in [0.25, 0.3) is 0 Å². The molecule has 0 saturated heterocycles. The lowest BCUT2D eigenvalue weighted by Crippen LogP contribution is -2.18. The van der Waals surface area contributed by atoms with E-state index in [9.17, 15) is 9.59 Å². The summed E-state index contributed by atoms with van der Waals surface area (Å²) in [6.07, 6.45) is 8.97. The molecule has 0 radical (unpaired) electrons. The highest BCUT2D eigenvalue weighted by atomic mass is 16.5. The Morgan fingerprint density at radius 2 is 1.83 bits per heavy atom. The van der Waals surface area contributed by atoms with Crippen molar-refractivity contribution in [3.63, 3.8) is 0 Å². The Kier molecular flexibility index (Phi) is 6.90. The lowest BCUT2D eigenvalue weighted by molar-refractivity contribution is 0.0525. The molecule has 5 rings (SSSR count). The van der Waals surface area contributed by atoms with E-state index in [1.807, 2.05) is 25.1 Å². The minimum absolute atomic E-state index is 0.145. The summed E-state index contributed by atoms with van der Waals surface area (Å²) in [5, 5.41) is 0. The minimum atomic E-state index is -0.373. The monoisotopic (exact) mass is 483 g/mol. The number of nitrogens with zero attached hydrogens (tertiary/aromatic N) is 1. The van der Waals surface area contributed by atoms with Gasteiger partial charge in [0, 0.05) is 29.4 Å². The van der Waals surface area contributed by atoms with Gasteiger partial charge >= 0.3 is 5.97 Å². The Bertz CT molecular complexity index is 1310. The number of hydrogen-bond acceptors (Lipinski definition) is 5.